The predicted octanol–water partition coefficient (Wildman–Crippen LogP) is 4.58. The fourth-order valence-corrected chi connectivity index (χ4v) is 2.96. The number of anilines is 1. The van der Waals surface area contributed by atoms with Gasteiger partial charge in [0.2, 0.25) is 11.7 Å². The highest BCUT2D eigenvalue weighted by molar-refractivity contribution is 6.01. The first kappa shape index (κ1) is 21.8. The van der Waals surface area contributed by atoms with E-state index in [4.69, 9.17) is 9.47 Å². The van der Waals surface area contributed by atoms with Crippen LogP contribution in [0.1, 0.15) is 34.9 Å². The van der Waals surface area contributed by atoms with Gasteiger partial charge < -0.3 is 14.8 Å². The third-order valence-electron chi connectivity index (χ3n) is 4.58. The lowest BCUT2D eigenvalue weighted by Crippen LogP contribution is -2.21. The monoisotopic (exact) mass is 417 g/mol. The van der Waals surface area contributed by atoms with Crippen molar-refractivity contribution in [3.8, 4) is 5.75 Å². The van der Waals surface area contributed by atoms with Gasteiger partial charge in [-0.2, -0.15) is 0 Å². The molecule has 3 rings (SSSR count). The summed E-state index contributed by atoms with van der Waals surface area (Å²) >= 11 is 0. The maximum absolute atomic E-state index is 12.9. The van der Waals surface area contributed by atoms with E-state index in [0.29, 0.717) is 22.6 Å². The molecule has 6 heteroatoms. The average Bonchev–Trinajstić information content (AvgIpc) is 2.82. The van der Waals surface area contributed by atoms with Gasteiger partial charge in [-0.3, -0.25) is 14.4 Å². The number of methoxy groups -OCH3 is 1. The SMILES string of the molecule is COc1ccc(NC(=O)CCC(=O)O[C@H](C(=O)c2ccccc2)c2ccccc2)cc1. The molecule has 0 spiro atoms. The lowest BCUT2D eigenvalue weighted by molar-refractivity contribution is -0.148. The van der Waals surface area contributed by atoms with Crippen LogP contribution in [-0.4, -0.2) is 24.8 Å². The first-order chi connectivity index (χ1) is 15.1. The van der Waals surface area contributed by atoms with Crippen molar-refractivity contribution in [2.24, 2.45) is 0 Å². The average molecular weight is 417 g/mol. The highest BCUT2D eigenvalue weighted by atomic mass is 16.5. The van der Waals surface area contributed by atoms with E-state index in [1.807, 2.05) is 12.1 Å². The Labute approximate surface area is 180 Å². The van der Waals surface area contributed by atoms with Crippen LogP contribution in [0.4, 0.5) is 5.69 Å². The van der Waals surface area contributed by atoms with Gasteiger partial charge >= 0.3 is 5.97 Å². The summed E-state index contributed by atoms with van der Waals surface area (Å²) in [4.78, 5) is 37.5. The Morgan fingerprint density at radius 3 is 2.03 bits per heavy atom. The number of nitrogens with one attached hydrogen (secondary N) is 1. The van der Waals surface area contributed by atoms with Gasteiger partial charge in [-0.15, -0.1) is 0 Å². The molecule has 1 N–H and O–H groups in total. The van der Waals surface area contributed by atoms with Crippen LogP contribution in [0, 0.1) is 0 Å². The Morgan fingerprint density at radius 1 is 0.806 bits per heavy atom. The van der Waals surface area contributed by atoms with E-state index in [2.05, 4.69) is 5.32 Å². The molecule has 0 heterocycles. The first-order valence-corrected chi connectivity index (χ1v) is 9.84. The Kier molecular flexibility index (Phi) is 7.54. The van der Waals surface area contributed by atoms with E-state index in [0.717, 1.165) is 0 Å². The largest absolute Gasteiger partial charge is 0.497 e. The molecule has 31 heavy (non-hydrogen) atoms. The van der Waals surface area contributed by atoms with Crippen LogP contribution in [-0.2, 0) is 14.3 Å². The van der Waals surface area contributed by atoms with Gasteiger partial charge in [0, 0.05) is 23.2 Å². The molecule has 3 aromatic carbocycles. The minimum atomic E-state index is -1.07. The van der Waals surface area contributed by atoms with Crippen molar-refractivity contribution < 1.29 is 23.9 Å². The fraction of sp³-hybridized carbons (Fsp3) is 0.160. The van der Waals surface area contributed by atoms with E-state index in [1.54, 1.807) is 79.9 Å². The Hall–Kier alpha value is -3.93. The standard InChI is InChI=1S/C25H23NO5/c1-30-21-14-12-20(13-15-21)26-22(27)16-17-23(28)31-25(19-10-6-3-7-11-19)24(29)18-8-4-2-5-9-18/h2-15,25H,16-17H2,1H3,(H,26,27)/t25-/m0/s1. The number of hydrogen-bond acceptors (Lipinski definition) is 5. The number of carbonyl (C=O) groups is 3. The molecule has 0 fully saturated rings. The molecular formula is C25H23NO5. The number of amides is 1. The molecule has 0 bridgehead atoms. The number of hydrogen-bond donors (Lipinski definition) is 1. The third kappa shape index (κ3) is 6.27. The zero-order valence-electron chi connectivity index (χ0n) is 17.1. The zero-order chi connectivity index (χ0) is 22.1. The van der Waals surface area contributed by atoms with Crippen LogP contribution in [0.3, 0.4) is 0 Å². The van der Waals surface area contributed by atoms with E-state index < -0.39 is 12.1 Å². The quantitative estimate of drug-likeness (QED) is 0.407. The summed E-state index contributed by atoms with van der Waals surface area (Å²) < 4.78 is 10.6. The van der Waals surface area contributed by atoms with E-state index in [1.165, 1.54) is 0 Å². The summed E-state index contributed by atoms with van der Waals surface area (Å²) in [7, 11) is 1.56. The minimum Gasteiger partial charge on any atom is -0.497 e. The van der Waals surface area contributed by atoms with Gasteiger partial charge in [-0.25, -0.2) is 0 Å². The molecule has 6 nitrogen and oxygen atoms in total. The fourth-order valence-electron chi connectivity index (χ4n) is 2.96. The van der Waals surface area contributed by atoms with Gasteiger partial charge in [0.05, 0.1) is 13.5 Å². The van der Waals surface area contributed by atoms with Crippen molar-refractivity contribution in [3.05, 3.63) is 96.1 Å². The molecule has 1 amide bonds. The van der Waals surface area contributed by atoms with E-state index in [9.17, 15) is 14.4 Å². The number of ketones is 1. The summed E-state index contributed by atoms with van der Waals surface area (Å²) in [6.07, 6.45) is -1.28. The summed E-state index contributed by atoms with van der Waals surface area (Å²) in [6.45, 7) is 0. The van der Waals surface area contributed by atoms with Crippen LogP contribution in [0.25, 0.3) is 0 Å². The predicted molar refractivity (Wildman–Crippen MR) is 117 cm³/mol. The van der Waals surface area contributed by atoms with Crippen molar-refractivity contribution in [3.63, 3.8) is 0 Å². The van der Waals surface area contributed by atoms with E-state index >= 15 is 0 Å². The molecule has 0 radical (unpaired) electrons. The maximum atomic E-state index is 12.9. The second kappa shape index (κ2) is 10.7. The van der Waals surface area contributed by atoms with Crippen molar-refractivity contribution in [2.75, 3.05) is 12.4 Å². The zero-order valence-corrected chi connectivity index (χ0v) is 17.1. The summed E-state index contributed by atoms with van der Waals surface area (Å²) in [5.41, 5.74) is 1.62. The highest BCUT2D eigenvalue weighted by Gasteiger charge is 2.26. The number of rotatable bonds is 9. The van der Waals surface area contributed by atoms with Crippen LogP contribution < -0.4 is 10.1 Å². The second-order valence-electron chi connectivity index (χ2n) is 6.79. The molecule has 0 unspecified atom stereocenters. The number of ether oxygens (including phenoxy) is 2. The molecule has 158 valence electrons. The molecule has 1 atom stereocenters. The number of Topliss-reactive ketones (excluding diaryl/α,β-unsaturated/α-hetero) is 1. The molecule has 0 aromatic heterocycles. The highest BCUT2D eigenvalue weighted by Crippen LogP contribution is 2.23. The minimum absolute atomic E-state index is 0.0636. The summed E-state index contributed by atoms with van der Waals surface area (Å²) in [5.74, 6) is -0.588. The van der Waals surface area contributed by atoms with E-state index in [-0.39, 0.29) is 24.5 Å². The Balaban J connectivity index is 1.61. The van der Waals surface area contributed by atoms with Crippen molar-refractivity contribution in [2.45, 2.75) is 18.9 Å². The Bertz CT molecular complexity index is 1020. The number of benzene rings is 3. The molecular weight excluding hydrogens is 394 g/mol. The lowest BCUT2D eigenvalue weighted by atomic mass is 10.00. The van der Waals surface area contributed by atoms with Crippen LogP contribution in [0.2, 0.25) is 0 Å². The lowest BCUT2D eigenvalue weighted by Gasteiger charge is -2.17. The smallest absolute Gasteiger partial charge is 0.307 e. The van der Waals surface area contributed by atoms with Gasteiger partial charge in [-0.05, 0) is 24.3 Å². The van der Waals surface area contributed by atoms with Crippen LogP contribution in [0.15, 0.2) is 84.9 Å². The van der Waals surface area contributed by atoms with Crippen molar-refractivity contribution in [1.82, 2.24) is 0 Å². The Morgan fingerprint density at radius 2 is 1.42 bits per heavy atom. The van der Waals surface area contributed by atoms with Crippen LogP contribution >= 0.6 is 0 Å². The van der Waals surface area contributed by atoms with Gasteiger partial charge in [0.25, 0.3) is 0 Å². The third-order valence-corrected chi connectivity index (χ3v) is 4.58. The second-order valence-corrected chi connectivity index (χ2v) is 6.79. The molecule has 0 aliphatic carbocycles. The number of carbonyl (C=O) groups excluding carboxylic acids is 3. The first-order valence-electron chi connectivity index (χ1n) is 9.84. The van der Waals surface area contributed by atoms with Gasteiger partial charge in [0.1, 0.15) is 5.75 Å². The summed E-state index contributed by atoms with van der Waals surface area (Å²) in [5, 5.41) is 2.71. The molecule has 0 aliphatic heterocycles. The summed E-state index contributed by atoms with van der Waals surface area (Å²) in [6, 6.07) is 24.4. The van der Waals surface area contributed by atoms with Gasteiger partial charge in [-0.1, -0.05) is 60.7 Å². The van der Waals surface area contributed by atoms with Crippen molar-refractivity contribution >= 4 is 23.3 Å². The molecule has 0 saturated carbocycles. The molecule has 0 saturated heterocycles. The molecule has 3 aromatic rings. The molecule has 0 aliphatic rings. The topological polar surface area (TPSA) is 81.7 Å². The normalized spacial score (nSPS) is 11.3. The van der Waals surface area contributed by atoms with Crippen molar-refractivity contribution in [1.29, 1.82) is 0 Å². The maximum Gasteiger partial charge on any atom is 0.307 e. The number of esters is 1. The van der Waals surface area contributed by atoms with Gasteiger partial charge in [0.15, 0.2) is 6.10 Å². The van der Waals surface area contributed by atoms with Crippen LogP contribution in [0.5, 0.6) is 5.75 Å².